The number of carbonyl (C=O) groups is 1. The van der Waals surface area contributed by atoms with E-state index in [1.54, 1.807) is 12.1 Å². The van der Waals surface area contributed by atoms with E-state index in [1.807, 2.05) is 33.8 Å². The maximum absolute atomic E-state index is 13.8. The Hall–Kier alpha value is -2.17. The molecule has 3 rings (SSSR count). The number of carbonyl (C=O) groups excluding carboxylic acids is 1. The fraction of sp³-hybridized carbons (Fsp3) is 0.524. The molecule has 1 aromatic heterocycles. The van der Waals surface area contributed by atoms with E-state index >= 15 is 0 Å². The number of hydrogen-bond donors (Lipinski definition) is 1. The van der Waals surface area contributed by atoms with Crippen LogP contribution in [0.4, 0.5) is 10.1 Å². The Kier molecular flexibility index (Phi) is 5.17. The molecule has 0 radical (unpaired) electrons. The average molecular weight is 357 g/mol. The molecule has 1 N–H and O–H groups in total. The van der Waals surface area contributed by atoms with E-state index in [1.165, 1.54) is 6.07 Å². The number of benzene rings is 1. The Morgan fingerprint density at radius 1 is 1.35 bits per heavy atom. The number of anilines is 1. The summed E-state index contributed by atoms with van der Waals surface area (Å²) in [4.78, 5) is 19.0. The molecular weight excluding hydrogens is 329 g/mol. The molecule has 5 heteroatoms. The SMILES string of the molecule is Cc1cc(N2CCCC(CNC(=O)C(C)(C)C)C2)c2cc(F)ccc2n1. The van der Waals surface area contributed by atoms with Gasteiger partial charge < -0.3 is 10.2 Å². The molecule has 1 aromatic carbocycles. The summed E-state index contributed by atoms with van der Waals surface area (Å²) in [5.41, 5.74) is 2.43. The van der Waals surface area contributed by atoms with Crippen molar-refractivity contribution in [3.63, 3.8) is 0 Å². The number of rotatable bonds is 3. The Balaban J connectivity index is 1.79. The monoisotopic (exact) mass is 357 g/mol. The van der Waals surface area contributed by atoms with Crippen LogP contribution in [0.1, 0.15) is 39.3 Å². The number of halogens is 1. The van der Waals surface area contributed by atoms with E-state index in [0.29, 0.717) is 12.5 Å². The Labute approximate surface area is 154 Å². The summed E-state index contributed by atoms with van der Waals surface area (Å²) < 4.78 is 13.8. The summed E-state index contributed by atoms with van der Waals surface area (Å²) in [6.45, 7) is 10.2. The van der Waals surface area contributed by atoms with Crippen LogP contribution >= 0.6 is 0 Å². The normalized spacial score (nSPS) is 18.2. The molecular formula is C21H28FN3O. The van der Waals surface area contributed by atoms with Crippen molar-refractivity contribution in [2.75, 3.05) is 24.5 Å². The zero-order valence-corrected chi connectivity index (χ0v) is 16.1. The van der Waals surface area contributed by atoms with Crippen molar-refractivity contribution in [2.24, 2.45) is 11.3 Å². The van der Waals surface area contributed by atoms with E-state index in [0.717, 1.165) is 48.2 Å². The van der Waals surface area contributed by atoms with E-state index < -0.39 is 0 Å². The minimum atomic E-state index is -0.371. The molecule has 1 fully saturated rings. The van der Waals surface area contributed by atoms with Gasteiger partial charge in [-0.25, -0.2) is 4.39 Å². The lowest BCUT2D eigenvalue weighted by Gasteiger charge is -2.35. The molecule has 2 aromatic rings. The first kappa shape index (κ1) is 18.6. The lowest BCUT2D eigenvalue weighted by molar-refractivity contribution is -0.128. The Bertz CT molecular complexity index is 813. The van der Waals surface area contributed by atoms with Gasteiger partial charge in [-0.2, -0.15) is 0 Å². The molecule has 1 aliphatic heterocycles. The van der Waals surface area contributed by atoms with Crippen LogP contribution < -0.4 is 10.2 Å². The van der Waals surface area contributed by atoms with Gasteiger partial charge in [0.15, 0.2) is 0 Å². The second-order valence-electron chi connectivity index (χ2n) is 8.36. The molecule has 1 saturated heterocycles. The van der Waals surface area contributed by atoms with Crippen LogP contribution in [-0.2, 0) is 4.79 Å². The number of amides is 1. The van der Waals surface area contributed by atoms with Gasteiger partial charge in [0.05, 0.1) is 5.52 Å². The molecule has 1 atom stereocenters. The van der Waals surface area contributed by atoms with Gasteiger partial charge in [-0.3, -0.25) is 9.78 Å². The highest BCUT2D eigenvalue weighted by atomic mass is 19.1. The molecule has 1 aliphatic rings. The number of aromatic nitrogens is 1. The van der Waals surface area contributed by atoms with E-state index in [9.17, 15) is 9.18 Å². The van der Waals surface area contributed by atoms with Gasteiger partial charge in [0.25, 0.3) is 0 Å². The van der Waals surface area contributed by atoms with E-state index in [4.69, 9.17) is 0 Å². The number of nitrogens with one attached hydrogen (secondary N) is 1. The van der Waals surface area contributed by atoms with Crippen LogP contribution in [0.5, 0.6) is 0 Å². The van der Waals surface area contributed by atoms with Gasteiger partial charge in [0.1, 0.15) is 5.82 Å². The maximum atomic E-state index is 13.8. The Morgan fingerprint density at radius 2 is 2.12 bits per heavy atom. The van der Waals surface area contributed by atoms with Gasteiger partial charge >= 0.3 is 0 Å². The lowest BCUT2D eigenvalue weighted by Crippen LogP contribution is -2.43. The third-order valence-electron chi connectivity index (χ3n) is 4.97. The predicted octanol–water partition coefficient (Wildman–Crippen LogP) is 4.06. The van der Waals surface area contributed by atoms with Gasteiger partial charge in [0.2, 0.25) is 5.91 Å². The first-order chi connectivity index (χ1) is 12.2. The lowest BCUT2D eigenvalue weighted by atomic mass is 9.93. The number of nitrogens with zero attached hydrogens (tertiary/aromatic N) is 2. The fourth-order valence-electron chi connectivity index (χ4n) is 3.52. The minimum absolute atomic E-state index is 0.0851. The average Bonchev–Trinajstić information content (AvgIpc) is 2.58. The molecule has 140 valence electrons. The van der Waals surface area contributed by atoms with Gasteiger partial charge in [-0.05, 0) is 49.9 Å². The van der Waals surface area contributed by atoms with Crippen molar-refractivity contribution in [2.45, 2.75) is 40.5 Å². The molecule has 0 bridgehead atoms. The van der Waals surface area contributed by atoms with Crippen LogP contribution in [0.15, 0.2) is 24.3 Å². The molecule has 2 heterocycles. The first-order valence-electron chi connectivity index (χ1n) is 9.34. The van der Waals surface area contributed by atoms with Crippen LogP contribution in [0.25, 0.3) is 10.9 Å². The molecule has 1 amide bonds. The van der Waals surface area contributed by atoms with Gasteiger partial charge in [0, 0.05) is 41.8 Å². The summed E-state index contributed by atoms with van der Waals surface area (Å²) in [6, 6.07) is 6.81. The minimum Gasteiger partial charge on any atom is -0.371 e. The summed E-state index contributed by atoms with van der Waals surface area (Å²) in [5, 5.41) is 3.94. The first-order valence-corrected chi connectivity index (χ1v) is 9.34. The second kappa shape index (κ2) is 7.22. The highest BCUT2D eigenvalue weighted by Crippen LogP contribution is 2.31. The number of piperidine rings is 1. The van der Waals surface area contributed by atoms with Crippen molar-refractivity contribution in [1.29, 1.82) is 0 Å². The van der Waals surface area contributed by atoms with Crippen LogP contribution in [-0.4, -0.2) is 30.5 Å². The number of hydrogen-bond acceptors (Lipinski definition) is 3. The highest BCUT2D eigenvalue weighted by Gasteiger charge is 2.25. The van der Waals surface area contributed by atoms with Crippen LogP contribution in [0.2, 0.25) is 0 Å². The number of aryl methyl sites for hydroxylation is 1. The van der Waals surface area contributed by atoms with Crippen LogP contribution in [0, 0.1) is 24.1 Å². The van der Waals surface area contributed by atoms with Crippen molar-refractivity contribution in [3.8, 4) is 0 Å². The Morgan fingerprint density at radius 3 is 2.85 bits per heavy atom. The summed E-state index contributed by atoms with van der Waals surface area (Å²) in [6.07, 6.45) is 2.16. The number of fused-ring (bicyclic) bond motifs is 1. The molecule has 0 saturated carbocycles. The van der Waals surface area contributed by atoms with Crippen molar-refractivity contribution < 1.29 is 9.18 Å². The summed E-state index contributed by atoms with van der Waals surface area (Å²) in [5.74, 6) is 0.240. The van der Waals surface area contributed by atoms with E-state index in [-0.39, 0.29) is 17.1 Å². The van der Waals surface area contributed by atoms with Crippen molar-refractivity contribution in [3.05, 3.63) is 35.8 Å². The number of pyridine rings is 1. The largest absolute Gasteiger partial charge is 0.371 e. The third kappa shape index (κ3) is 4.14. The second-order valence-corrected chi connectivity index (χ2v) is 8.36. The topological polar surface area (TPSA) is 45.2 Å². The summed E-state index contributed by atoms with van der Waals surface area (Å²) in [7, 11) is 0. The molecule has 4 nitrogen and oxygen atoms in total. The predicted molar refractivity (Wildman–Crippen MR) is 104 cm³/mol. The van der Waals surface area contributed by atoms with Gasteiger partial charge in [-0.1, -0.05) is 20.8 Å². The smallest absolute Gasteiger partial charge is 0.225 e. The zero-order valence-electron chi connectivity index (χ0n) is 16.1. The van der Waals surface area contributed by atoms with Crippen molar-refractivity contribution >= 4 is 22.5 Å². The highest BCUT2D eigenvalue weighted by molar-refractivity contribution is 5.92. The molecule has 1 unspecified atom stereocenters. The summed E-state index contributed by atoms with van der Waals surface area (Å²) >= 11 is 0. The van der Waals surface area contributed by atoms with Crippen LogP contribution in [0.3, 0.4) is 0 Å². The van der Waals surface area contributed by atoms with Gasteiger partial charge in [-0.15, -0.1) is 0 Å². The zero-order chi connectivity index (χ0) is 18.9. The molecule has 0 aliphatic carbocycles. The molecule has 26 heavy (non-hydrogen) atoms. The molecule has 0 spiro atoms. The quantitative estimate of drug-likeness (QED) is 0.901. The standard InChI is InChI=1S/C21H28FN3O/c1-14-10-19(17-11-16(22)7-8-18(17)24-14)25-9-5-6-15(13-25)12-23-20(26)21(2,3)4/h7-8,10-11,15H,5-6,9,12-13H2,1-4H3,(H,23,26). The van der Waals surface area contributed by atoms with E-state index in [2.05, 4.69) is 15.2 Å². The fourth-order valence-corrected chi connectivity index (χ4v) is 3.52. The third-order valence-corrected chi connectivity index (χ3v) is 4.97. The van der Waals surface area contributed by atoms with Crippen molar-refractivity contribution in [1.82, 2.24) is 10.3 Å². The maximum Gasteiger partial charge on any atom is 0.225 e.